The Balaban J connectivity index is 1.56. The number of nitrogens with one attached hydrogen (secondary N) is 1. The zero-order valence-electron chi connectivity index (χ0n) is 11.9. The summed E-state index contributed by atoms with van der Waals surface area (Å²) in [5.74, 6) is 6.32. The standard InChI is InChI=1S/C14H22N4O2/c1-10-13(14(19)16-15)8-12(20-10)9-17-4-6-18(7-5-17)11-2-3-11/h8,11H,2-7,9,15H2,1H3,(H,16,19). The first kappa shape index (κ1) is 13.6. The zero-order chi connectivity index (χ0) is 14.1. The molecule has 0 radical (unpaired) electrons. The smallest absolute Gasteiger partial charge is 0.268 e. The molecule has 0 atom stereocenters. The lowest BCUT2D eigenvalue weighted by Crippen LogP contribution is -2.46. The molecule has 2 fully saturated rings. The van der Waals surface area contributed by atoms with E-state index in [4.69, 9.17) is 10.3 Å². The second-order valence-corrected chi connectivity index (χ2v) is 5.70. The van der Waals surface area contributed by atoms with Gasteiger partial charge in [-0.1, -0.05) is 0 Å². The summed E-state index contributed by atoms with van der Waals surface area (Å²) in [7, 11) is 0. The molecule has 1 saturated heterocycles. The average molecular weight is 278 g/mol. The molecule has 2 heterocycles. The monoisotopic (exact) mass is 278 g/mol. The molecule has 3 N–H and O–H groups in total. The molecule has 20 heavy (non-hydrogen) atoms. The van der Waals surface area contributed by atoms with Crippen LogP contribution in [0.3, 0.4) is 0 Å². The van der Waals surface area contributed by atoms with Gasteiger partial charge in [-0.3, -0.25) is 20.0 Å². The Labute approximate surface area is 118 Å². The van der Waals surface area contributed by atoms with Gasteiger partial charge in [-0.25, -0.2) is 5.84 Å². The third kappa shape index (κ3) is 2.87. The molecule has 1 aliphatic heterocycles. The summed E-state index contributed by atoms with van der Waals surface area (Å²) in [6.45, 7) is 6.96. The number of aryl methyl sites for hydroxylation is 1. The average Bonchev–Trinajstić information content (AvgIpc) is 3.23. The first-order valence-corrected chi connectivity index (χ1v) is 7.24. The van der Waals surface area contributed by atoms with Crippen molar-refractivity contribution in [1.29, 1.82) is 0 Å². The number of furan rings is 1. The van der Waals surface area contributed by atoms with Crippen molar-refractivity contribution < 1.29 is 9.21 Å². The number of hydrogen-bond donors (Lipinski definition) is 2. The van der Waals surface area contributed by atoms with Crippen molar-refractivity contribution in [3.63, 3.8) is 0 Å². The number of amides is 1. The zero-order valence-corrected chi connectivity index (χ0v) is 11.9. The first-order valence-electron chi connectivity index (χ1n) is 7.24. The number of nitrogens with two attached hydrogens (primary N) is 1. The Bertz CT molecular complexity index is 487. The van der Waals surface area contributed by atoms with Crippen LogP contribution in [0, 0.1) is 6.92 Å². The second-order valence-electron chi connectivity index (χ2n) is 5.70. The van der Waals surface area contributed by atoms with Gasteiger partial charge in [0, 0.05) is 32.2 Å². The van der Waals surface area contributed by atoms with Crippen LogP contribution < -0.4 is 11.3 Å². The number of nitrogens with zero attached hydrogens (tertiary/aromatic N) is 2. The SMILES string of the molecule is Cc1oc(CN2CCN(C3CC3)CC2)cc1C(=O)NN. The first-order chi connectivity index (χ1) is 9.67. The van der Waals surface area contributed by atoms with Gasteiger partial charge < -0.3 is 4.42 Å². The summed E-state index contributed by atoms with van der Waals surface area (Å²) >= 11 is 0. The minimum Gasteiger partial charge on any atom is -0.464 e. The van der Waals surface area contributed by atoms with E-state index in [0.717, 1.165) is 44.5 Å². The summed E-state index contributed by atoms with van der Waals surface area (Å²) in [6, 6.07) is 2.65. The third-order valence-electron chi connectivity index (χ3n) is 4.19. The number of hydrogen-bond acceptors (Lipinski definition) is 5. The normalized spacial score (nSPS) is 21.1. The molecule has 6 heteroatoms. The molecule has 110 valence electrons. The number of carbonyl (C=O) groups excluding carboxylic acids is 1. The van der Waals surface area contributed by atoms with E-state index in [2.05, 4.69) is 15.2 Å². The molecule has 2 aliphatic rings. The van der Waals surface area contributed by atoms with Gasteiger partial charge in [-0.2, -0.15) is 0 Å². The molecule has 0 bridgehead atoms. The number of piperazine rings is 1. The van der Waals surface area contributed by atoms with Crippen LogP contribution in [0.4, 0.5) is 0 Å². The van der Waals surface area contributed by atoms with E-state index in [0.29, 0.717) is 11.3 Å². The fourth-order valence-electron chi connectivity index (χ4n) is 2.87. The Morgan fingerprint density at radius 3 is 2.70 bits per heavy atom. The van der Waals surface area contributed by atoms with Gasteiger partial charge in [0.25, 0.3) is 5.91 Å². The van der Waals surface area contributed by atoms with E-state index < -0.39 is 0 Å². The van der Waals surface area contributed by atoms with Crippen molar-refractivity contribution in [1.82, 2.24) is 15.2 Å². The van der Waals surface area contributed by atoms with E-state index in [1.807, 2.05) is 0 Å². The van der Waals surface area contributed by atoms with Gasteiger partial charge in [-0.15, -0.1) is 0 Å². The van der Waals surface area contributed by atoms with E-state index in [1.54, 1.807) is 13.0 Å². The van der Waals surface area contributed by atoms with Crippen molar-refractivity contribution >= 4 is 5.91 Å². The molecule has 0 aromatic carbocycles. The Kier molecular flexibility index (Phi) is 3.78. The highest BCUT2D eigenvalue weighted by Crippen LogP contribution is 2.27. The van der Waals surface area contributed by atoms with E-state index in [9.17, 15) is 4.79 Å². The fraction of sp³-hybridized carbons (Fsp3) is 0.643. The number of nitrogen functional groups attached to an aromatic ring is 1. The Morgan fingerprint density at radius 1 is 1.40 bits per heavy atom. The van der Waals surface area contributed by atoms with Crippen molar-refractivity contribution in [2.75, 3.05) is 26.2 Å². The minimum absolute atomic E-state index is 0.295. The fourth-order valence-corrected chi connectivity index (χ4v) is 2.87. The predicted octanol–water partition coefficient (Wildman–Crippen LogP) is 0.472. The van der Waals surface area contributed by atoms with Crippen LogP contribution in [0.25, 0.3) is 0 Å². The third-order valence-corrected chi connectivity index (χ3v) is 4.19. The van der Waals surface area contributed by atoms with Crippen molar-refractivity contribution in [2.24, 2.45) is 5.84 Å². The highest BCUT2D eigenvalue weighted by molar-refractivity contribution is 5.94. The minimum atomic E-state index is -0.295. The maximum atomic E-state index is 11.5. The van der Waals surface area contributed by atoms with Gasteiger partial charge in [0.2, 0.25) is 0 Å². The summed E-state index contributed by atoms with van der Waals surface area (Å²) in [5.41, 5.74) is 2.67. The maximum absolute atomic E-state index is 11.5. The molecule has 3 rings (SSSR count). The molecule has 6 nitrogen and oxygen atoms in total. The molecule has 1 aromatic heterocycles. The van der Waals surface area contributed by atoms with Gasteiger partial charge >= 0.3 is 0 Å². The van der Waals surface area contributed by atoms with E-state index in [-0.39, 0.29) is 5.91 Å². The summed E-state index contributed by atoms with van der Waals surface area (Å²) < 4.78 is 5.66. The van der Waals surface area contributed by atoms with E-state index >= 15 is 0 Å². The molecule has 1 aromatic rings. The van der Waals surface area contributed by atoms with Crippen LogP contribution in [0.1, 0.15) is 34.7 Å². The number of carbonyl (C=O) groups is 1. The highest BCUT2D eigenvalue weighted by atomic mass is 16.3. The summed E-state index contributed by atoms with van der Waals surface area (Å²) in [5, 5.41) is 0. The topological polar surface area (TPSA) is 74.7 Å². The molecule has 1 amide bonds. The second kappa shape index (κ2) is 5.55. The van der Waals surface area contributed by atoms with Crippen LogP contribution >= 0.6 is 0 Å². The van der Waals surface area contributed by atoms with Gasteiger partial charge in [-0.05, 0) is 25.8 Å². The Morgan fingerprint density at radius 2 is 2.10 bits per heavy atom. The number of rotatable bonds is 4. The van der Waals surface area contributed by atoms with Crippen LogP contribution in [-0.2, 0) is 6.54 Å². The number of hydrazine groups is 1. The van der Waals surface area contributed by atoms with Gasteiger partial charge in [0.1, 0.15) is 11.5 Å². The lowest BCUT2D eigenvalue weighted by Gasteiger charge is -2.34. The molecule has 0 unspecified atom stereocenters. The van der Waals surface area contributed by atoms with Gasteiger partial charge in [0.05, 0.1) is 12.1 Å². The van der Waals surface area contributed by atoms with Crippen molar-refractivity contribution in [3.8, 4) is 0 Å². The Hall–Kier alpha value is -1.37. The maximum Gasteiger partial charge on any atom is 0.268 e. The van der Waals surface area contributed by atoms with Crippen molar-refractivity contribution in [2.45, 2.75) is 32.4 Å². The molecular formula is C14H22N4O2. The summed E-state index contributed by atoms with van der Waals surface area (Å²) in [4.78, 5) is 16.5. The molecule has 1 saturated carbocycles. The molecule has 1 aliphatic carbocycles. The van der Waals surface area contributed by atoms with Crippen LogP contribution in [0.5, 0.6) is 0 Å². The van der Waals surface area contributed by atoms with Crippen LogP contribution in [-0.4, -0.2) is 47.9 Å². The van der Waals surface area contributed by atoms with Crippen molar-refractivity contribution in [3.05, 3.63) is 23.2 Å². The summed E-state index contributed by atoms with van der Waals surface area (Å²) in [6.07, 6.45) is 2.74. The molecule has 0 spiro atoms. The quantitative estimate of drug-likeness (QED) is 0.476. The van der Waals surface area contributed by atoms with Crippen LogP contribution in [0.2, 0.25) is 0 Å². The lowest BCUT2D eigenvalue weighted by atomic mass is 10.2. The highest BCUT2D eigenvalue weighted by Gasteiger charge is 2.31. The predicted molar refractivity (Wildman–Crippen MR) is 75.0 cm³/mol. The largest absolute Gasteiger partial charge is 0.464 e. The van der Waals surface area contributed by atoms with E-state index in [1.165, 1.54) is 12.8 Å². The van der Waals surface area contributed by atoms with Gasteiger partial charge in [0.15, 0.2) is 0 Å². The molecular weight excluding hydrogens is 256 g/mol. The van der Waals surface area contributed by atoms with Crippen LogP contribution in [0.15, 0.2) is 10.5 Å². The lowest BCUT2D eigenvalue weighted by molar-refractivity contribution is 0.0952.